The summed E-state index contributed by atoms with van der Waals surface area (Å²) in [5.74, 6) is 0.284. The molecule has 4 heterocycles. The Bertz CT molecular complexity index is 1450. The molecule has 2 spiro atoms. The smallest absolute Gasteiger partial charge is 0.187 e. The molecule has 8 aliphatic rings. The molecule has 8 fully saturated rings. The van der Waals surface area contributed by atoms with E-state index < -0.39 is 73.3 Å². The Hall–Kier alpha value is -0.780. The molecular formula is C41H66O13. The summed E-state index contributed by atoms with van der Waals surface area (Å²) in [5.41, 5.74) is -0.0544. The van der Waals surface area contributed by atoms with Crippen LogP contribution in [0.15, 0.2) is 11.6 Å². The molecule has 7 N–H and O–H groups in total. The van der Waals surface area contributed by atoms with Gasteiger partial charge in [0, 0.05) is 24.2 Å². The van der Waals surface area contributed by atoms with E-state index in [4.69, 9.17) is 28.4 Å². The molecular weight excluding hydrogens is 700 g/mol. The second kappa shape index (κ2) is 13.4. The standard InChI is InChI=1S/C41H66O13/c1-20(2)14-21-15-39(7,48)33-22-8-9-26-37(5)12-11-27(36(3,4)25(37)10-13-38(26,6)40(22)18-41(33,54-21)50-19-40)52-34-31(47)32(23(43)17-49-34)53-35-30(46)29(45)28(44)24(16-42)51-35/h14,21-35,42-48H,8-13,15-19H2,1-7H3/t21-,22+,23-,24+,25-,26+,27-,28+,29-,30+,31+,32-,33-,34-,35-,37-,38+,39+,40-,41-/m0/s1. The van der Waals surface area contributed by atoms with Crippen LogP contribution in [0.2, 0.25) is 0 Å². The number of fused-ring (bicyclic) bond motifs is 4. The summed E-state index contributed by atoms with van der Waals surface area (Å²) >= 11 is 0. The largest absolute Gasteiger partial charge is 0.394 e. The molecule has 13 heteroatoms. The van der Waals surface area contributed by atoms with E-state index in [0.29, 0.717) is 30.8 Å². The number of hydrogen-bond acceptors (Lipinski definition) is 13. The Morgan fingerprint density at radius 3 is 2.28 bits per heavy atom. The van der Waals surface area contributed by atoms with Gasteiger partial charge in [-0.05, 0) is 93.3 Å². The third-order valence-electron chi connectivity index (χ3n) is 16.6. The van der Waals surface area contributed by atoms with Crippen molar-refractivity contribution in [3.05, 3.63) is 11.6 Å². The fraction of sp³-hybridized carbons (Fsp3) is 0.951. The van der Waals surface area contributed by atoms with Crippen molar-refractivity contribution < 1.29 is 64.2 Å². The van der Waals surface area contributed by atoms with Crippen LogP contribution in [-0.2, 0) is 28.4 Å². The maximum atomic E-state index is 12.1. The Morgan fingerprint density at radius 2 is 1.57 bits per heavy atom. The molecule has 0 radical (unpaired) electrons. The average molecular weight is 767 g/mol. The monoisotopic (exact) mass is 766 g/mol. The highest BCUT2D eigenvalue weighted by Crippen LogP contribution is 2.80. The van der Waals surface area contributed by atoms with Crippen molar-refractivity contribution >= 4 is 0 Å². The molecule has 308 valence electrons. The van der Waals surface area contributed by atoms with Gasteiger partial charge in [0.2, 0.25) is 0 Å². The molecule has 4 saturated carbocycles. The van der Waals surface area contributed by atoms with Gasteiger partial charge in [0.05, 0.1) is 37.6 Å². The zero-order valence-corrected chi connectivity index (χ0v) is 33.1. The van der Waals surface area contributed by atoms with Gasteiger partial charge in [0.15, 0.2) is 18.4 Å². The van der Waals surface area contributed by atoms with Gasteiger partial charge in [0.25, 0.3) is 0 Å². The average Bonchev–Trinajstić information content (AvgIpc) is 3.61. The van der Waals surface area contributed by atoms with Crippen molar-refractivity contribution in [3.8, 4) is 0 Å². The van der Waals surface area contributed by atoms with Gasteiger partial charge >= 0.3 is 0 Å². The van der Waals surface area contributed by atoms with Crippen LogP contribution < -0.4 is 0 Å². The minimum Gasteiger partial charge on any atom is -0.394 e. The van der Waals surface area contributed by atoms with E-state index in [1.807, 2.05) is 6.92 Å². The second-order valence-electron chi connectivity index (χ2n) is 20.2. The van der Waals surface area contributed by atoms with Crippen LogP contribution in [0.5, 0.6) is 0 Å². The quantitative estimate of drug-likeness (QED) is 0.154. The lowest BCUT2D eigenvalue weighted by Crippen LogP contribution is -2.67. The van der Waals surface area contributed by atoms with Crippen LogP contribution in [0.25, 0.3) is 0 Å². The molecule has 20 atom stereocenters. The van der Waals surface area contributed by atoms with Crippen LogP contribution in [0, 0.1) is 45.3 Å². The molecule has 4 saturated heterocycles. The number of rotatable bonds is 6. The van der Waals surface area contributed by atoms with E-state index >= 15 is 0 Å². The second-order valence-corrected chi connectivity index (χ2v) is 20.2. The summed E-state index contributed by atoms with van der Waals surface area (Å²) in [5, 5.41) is 75.0. The Kier molecular flexibility index (Phi) is 9.91. The normalized spacial score (nSPS) is 57.7. The molecule has 2 bridgehead atoms. The van der Waals surface area contributed by atoms with Crippen molar-refractivity contribution in [1.29, 1.82) is 0 Å². The predicted molar refractivity (Wildman–Crippen MR) is 192 cm³/mol. The topological polar surface area (TPSA) is 197 Å². The highest BCUT2D eigenvalue weighted by atomic mass is 16.7. The van der Waals surface area contributed by atoms with Gasteiger partial charge in [-0.1, -0.05) is 39.3 Å². The van der Waals surface area contributed by atoms with Crippen molar-refractivity contribution in [2.45, 2.75) is 179 Å². The number of aliphatic hydroxyl groups is 7. The Morgan fingerprint density at radius 1 is 0.833 bits per heavy atom. The van der Waals surface area contributed by atoms with Crippen LogP contribution in [0.3, 0.4) is 0 Å². The highest BCUT2D eigenvalue weighted by molar-refractivity contribution is 5.26. The molecule has 8 rings (SSSR count). The van der Waals surface area contributed by atoms with Crippen LogP contribution in [-0.4, -0.2) is 134 Å². The highest BCUT2D eigenvalue weighted by Gasteiger charge is 2.80. The lowest BCUT2D eigenvalue weighted by atomic mass is 9.35. The Balaban J connectivity index is 0.992. The van der Waals surface area contributed by atoms with Gasteiger partial charge in [-0.25, -0.2) is 0 Å². The number of hydrogen-bond donors (Lipinski definition) is 7. The van der Waals surface area contributed by atoms with E-state index in [0.717, 1.165) is 44.9 Å². The van der Waals surface area contributed by atoms with Crippen molar-refractivity contribution in [2.24, 2.45) is 45.3 Å². The van der Waals surface area contributed by atoms with E-state index in [2.05, 4.69) is 47.6 Å². The third kappa shape index (κ3) is 5.65. The Labute approximate surface area is 319 Å². The van der Waals surface area contributed by atoms with Crippen molar-refractivity contribution in [3.63, 3.8) is 0 Å². The van der Waals surface area contributed by atoms with Gasteiger partial charge in [0.1, 0.15) is 42.7 Å². The summed E-state index contributed by atoms with van der Waals surface area (Å²) in [4.78, 5) is 0. The van der Waals surface area contributed by atoms with E-state index in [9.17, 15) is 35.7 Å². The number of aliphatic hydroxyl groups excluding tert-OH is 6. The van der Waals surface area contributed by atoms with Gasteiger partial charge in [-0.3, -0.25) is 0 Å². The first-order chi connectivity index (χ1) is 25.2. The number of allylic oxidation sites excluding steroid dienone is 1. The maximum Gasteiger partial charge on any atom is 0.187 e. The van der Waals surface area contributed by atoms with Crippen LogP contribution >= 0.6 is 0 Å². The summed E-state index contributed by atoms with van der Waals surface area (Å²) in [6.45, 7) is 15.6. The minimum absolute atomic E-state index is 0.00497. The molecule has 0 unspecified atom stereocenters. The van der Waals surface area contributed by atoms with E-state index in [1.165, 1.54) is 5.57 Å². The zero-order valence-electron chi connectivity index (χ0n) is 33.1. The van der Waals surface area contributed by atoms with Crippen LogP contribution in [0.1, 0.15) is 99.8 Å². The first-order valence-electron chi connectivity index (χ1n) is 20.5. The zero-order chi connectivity index (χ0) is 39.0. The summed E-state index contributed by atoms with van der Waals surface area (Å²) in [6.07, 6.45) is -3.77. The molecule has 54 heavy (non-hydrogen) atoms. The summed E-state index contributed by atoms with van der Waals surface area (Å²) in [7, 11) is 0. The number of ether oxygens (including phenoxy) is 6. The van der Waals surface area contributed by atoms with E-state index in [-0.39, 0.29) is 46.4 Å². The molecule has 4 aliphatic heterocycles. The molecule has 0 amide bonds. The SMILES string of the molecule is CC(C)=C[C@H]1C[C@@](C)(O)[C@@H]2[C@H]3CC[C@@H]4[C@@]5(C)CC[C@H](O[C@@H]6OC[C@H](O)[C@H](O[C@@H]7O[C@H](CO)[C@@H](O)[C@H](O)[C@H]7O)[C@H]6O)C(C)(C)[C@@H]5CC[C@@]4(C)[C@@]34CO[C@@]2(C4)O1. The lowest BCUT2D eigenvalue weighted by Gasteiger charge is -2.70. The molecule has 0 aromatic carbocycles. The van der Waals surface area contributed by atoms with Crippen molar-refractivity contribution in [1.82, 2.24) is 0 Å². The first-order valence-corrected chi connectivity index (χ1v) is 20.5. The first kappa shape index (κ1) is 40.0. The molecule has 0 aromatic rings. The third-order valence-corrected chi connectivity index (χ3v) is 16.6. The molecule has 4 aliphatic carbocycles. The maximum absolute atomic E-state index is 12.1. The van der Waals surface area contributed by atoms with Gasteiger partial charge in [-0.15, -0.1) is 0 Å². The molecule has 0 aromatic heterocycles. The summed E-state index contributed by atoms with van der Waals surface area (Å²) < 4.78 is 37.6. The minimum atomic E-state index is -1.68. The van der Waals surface area contributed by atoms with E-state index in [1.54, 1.807) is 0 Å². The van der Waals surface area contributed by atoms with Crippen LogP contribution in [0.4, 0.5) is 0 Å². The fourth-order valence-corrected chi connectivity index (χ4v) is 14.4. The van der Waals surface area contributed by atoms with Gasteiger partial charge < -0.3 is 64.2 Å². The molecule has 13 nitrogen and oxygen atoms in total. The van der Waals surface area contributed by atoms with Crippen molar-refractivity contribution in [2.75, 3.05) is 19.8 Å². The lowest BCUT2D eigenvalue weighted by molar-refractivity contribution is -0.358. The fourth-order valence-electron chi connectivity index (χ4n) is 14.4. The predicted octanol–water partition coefficient (Wildman–Crippen LogP) is 2.14. The summed E-state index contributed by atoms with van der Waals surface area (Å²) in [6, 6.07) is 0. The van der Waals surface area contributed by atoms with Gasteiger partial charge in [-0.2, -0.15) is 0 Å².